The lowest BCUT2D eigenvalue weighted by Gasteiger charge is -2.07. The molecule has 16 heavy (non-hydrogen) atoms. The maximum atomic E-state index is 5.88. The molecule has 1 rings (SSSR count). The van der Waals surface area contributed by atoms with Crippen molar-refractivity contribution in [2.45, 2.75) is 19.3 Å². The molecular formula is C14H15ClO. The highest BCUT2D eigenvalue weighted by molar-refractivity contribution is 6.30. The molecule has 0 aliphatic carbocycles. The molecule has 0 amide bonds. The molecule has 0 unspecified atom stereocenters. The summed E-state index contributed by atoms with van der Waals surface area (Å²) >= 11 is 5.88. The molecule has 84 valence electrons. The normalized spacial score (nSPS) is 10.3. The molecule has 1 aromatic carbocycles. The van der Waals surface area contributed by atoms with E-state index in [9.17, 15) is 0 Å². The van der Waals surface area contributed by atoms with Crippen molar-refractivity contribution in [3.05, 3.63) is 40.9 Å². The fourth-order valence-corrected chi connectivity index (χ4v) is 1.65. The predicted octanol–water partition coefficient (Wildman–Crippen LogP) is 3.86. The third-order valence-electron chi connectivity index (χ3n) is 2.28. The smallest absolute Gasteiger partial charge is 0.123 e. The average Bonchev–Trinajstić information content (AvgIpc) is 2.30. The largest absolute Gasteiger partial charge is 0.496 e. The second kappa shape index (κ2) is 6.98. The van der Waals surface area contributed by atoms with Gasteiger partial charge in [-0.1, -0.05) is 29.7 Å². The highest BCUT2D eigenvalue weighted by atomic mass is 35.5. The summed E-state index contributed by atoms with van der Waals surface area (Å²) in [6, 6.07) is 5.73. The Labute approximate surface area is 102 Å². The van der Waals surface area contributed by atoms with Crippen LogP contribution in [0.25, 0.3) is 0 Å². The molecule has 0 heterocycles. The lowest BCUT2D eigenvalue weighted by molar-refractivity contribution is 0.409. The minimum Gasteiger partial charge on any atom is -0.496 e. The average molecular weight is 235 g/mol. The third-order valence-corrected chi connectivity index (χ3v) is 2.52. The molecule has 1 nitrogen and oxygen atoms in total. The molecule has 0 saturated heterocycles. The molecule has 0 N–H and O–H groups in total. The molecule has 0 aliphatic heterocycles. The van der Waals surface area contributed by atoms with Crippen LogP contribution in [-0.2, 0) is 6.42 Å². The first-order valence-corrected chi connectivity index (χ1v) is 5.59. The van der Waals surface area contributed by atoms with Crippen LogP contribution in [0.4, 0.5) is 0 Å². The van der Waals surface area contributed by atoms with E-state index in [1.54, 1.807) is 13.2 Å². The van der Waals surface area contributed by atoms with Crippen molar-refractivity contribution >= 4 is 11.6 Å². The molecule has 2 heteroatoms. The number of terminal acetylenes is 1. The summed E-state index contributed by atoms with van der Waals surface area (Å²) < 4.78 is 5.27. The van der Waals surface area contributed by atoms with Gasteiger partial charge in [-0.3, -0.25) is 0 Å². The number of unbranched alkanes of at least 4 members (excludes halogenated alkanes) is 1. The van der Waals surface area contributed by atoms with Crippen molar-refractivity contribution in [1.29, 1.82) is 0 Å². The number of hydrogen-bond acceptors (Lipinski definition) is 1. The molecule has 0 saturated carbocycles. The molecule has 1 aromatic rings. The molecule has 0 bridgehead atoms. The zero-order chi connectivity index (χ0) is 11.8. The van der Waals surface area contributed by atoms with Gasteiger partial charge in [0.25, 0.3) is 0 Å². The van der Waals surface area contributed by atoms with Crippen LogP contribution in [0.1, 0.15) is 18.4 Å². The van der Waals surface area contributed by atoms with E-state index < -0.39 is 0 Å². The van der Waals surface area contributed by atoms with E-state index in [2.05, 4.69) is 5.92 Å². The molecule has 0 fully saturated rings. The van der Waals surface area contributed by atoms with Crippen molar-refractivity contribution < 1.29 is 4.74 Å². The minimum absolute atomic E-state index is 0.702. The van der Waals surface area contributed by atoms with Crippen molar-refractivity contribution in [3.63, 3.8) is 0 Å². The van der Waals surface area contributed by atoms with Crippen molar-refractivity contribution in [3.8, 4) is 18.1 Å². The van der Waals surface area contributed by atoms with Crippen LogP contribution in [0.2, 0.25) is 5.02 Å². The zero-order valence-electron chi connectivity index (χ0n) is 9.37. The Bertz CT molecular complexity index is 402. The molecular weight excluding hydrogens is 220 g/mol. The van der Waals surface area contributed by atoms with Crippen LogP contribution in [0, 0.1) is 12.3 Å². The number of methoxy groups -OCH3 is 1. The van der Waals surface area contributed by atoms with Crippen molar-refractivity contribution in [1.82, 2.24) is 0 Å². The summed E-state index contributed by atoms with van der Waals surface area (Å²) in [5.41, 5.74) is 1.18. The topological polar surface area (TPSA) is 9.23 Å². The van der Waals surface area contributed by atoms with Gasteiger partial charge in [0.1, 0.15) is 5.75 Å². The van der Waals surface area contributed by atoms with Gasteiger partial charge in [-0.05, 0) is 43.0 Å². The number of rotatable bonds is 5. The van der Waals surface area contributed by atoms with Crippen LogP contribution in [0.3, 0.4) is 0 Å². The monoisotopic (exact) mass is 234 g/mol. The van der Waals surface area contributed by atoms with Crippen LogP contribution < -0.4 is 4.74 Å². The van der Waals surface area contributed by atoms with E-state index in [-0.39, 0.29) is 0 Å². The second-order valence-corrected chi connectivity index (χ2v) is 3.85. The van der Waals surface area contributed by atoms with Gasteiger partial charge in [-0.25, -0.2) is 0 Å². The van der Waals surface area contributed by atoms with Crippen molar-refractivity contribution in [2.75, 3.05) is 7.11 Å². The highest BCUT2D eigenvalue weighted by Gasteiger charge is 2.02. The zero-order valence-corrected chi connectivity index (χ0v) is 10.1. The van der Waals surface area contributed by atoms with E-state index in [4.69, 9.17) is 22.8 Å². The summed E-state index contributed by atoms with van der Waals surface area (Å²) in [6.45, 7) is 0. The van der Waals surface area contributed by atoms with Crippen LogP contribution in [-0.4, -0.2) is 7.11 Å². The first-order chi connectivity index (χ1) is 7.77. The summed E-state index contributed by atoms with van der Waals surface area (Å²) in [4.78, 5) is 0. The fraction of sp³-hybridized carbons (Fsp3) is 0.286. The Hall–Kier alpha value is -1.39. The Morgan fingerprint density at radius 3 is 3.00 bits per heavy atom. The maximum absolute atomic E-state index is 5.88. The quantitative estimate of drug-likeness (QED) is 0.555. The van der Waals surface area contributed by atoms with Crippen LogP contribution in [0.15, 0.2) is 30.4 Å². The van der Waals surface area contributed by atoms with E-state index in [0.717, 1.165) is 25.0 Å². The minimum atomic E-state index is 0.702. The van der Waals surface area contributed by atoms with Gasteiger partial charge in [-0.15, -0.1) is 6.42 Å². The third kappa shape index (κ3) is 4.00. The van der Waals surface area contributed by atoms with E-state index in [1.165, 1.54) is 5.56 Å². The van der Waals surface area contributed by atoms with E-state index >= 15 is 0 Å². The lowest BCUT2D eigenvalue weighted by atomic mass is 10.1. The number of ether oxygens (including phenoxy) is 1. The van der Waals surface area contributed by atoms with Gasteiger partial charge >= 0.3 is 0 Å². The van der Waals surface area contributed by atoms with Crippen LogP contribution >= 0.6 is 11.6 Å². The fourth-order valence-electron chi connectivity index (χ4n) is 1.49. The van der Waals surface area contributed by atoms with Gasteiger partial charge in [-0.2, -0.15) is 0 Å². The second-order valence-electron chi connectivity index (χ2n) is 3.42. The molecule has 0 atom stereocenters. The van der Waals surface area contributed by atoms with Gasteiger partial charge in [0.15, 0.2) is 0 Å². The SMILES string of the molecule is C#C/C=C\CCCc1ccc(Cl)cc1OC. The van der Waals surface area contributed by atoms with Gasteiger partial charge in [0.05, 0.1) is 7.11 Å². The number of benzene rings is 1. The summed E-state index contributed by atoms with van der Waals surface area (Å²) in [5, 5.41) is 0.702. The number of halogens is 1. The Morgan fingerprint density at radius 1 is 1.50 bits per heavy atom. The molecule has 0 aliphatic rings. The number of hydrogen-bond donors (Lipinski definition) is 0. The molecule has 0 radical (unpaired) electrons. The Morgan fingerprint density at radius 2 is 2.31 bits per heavy atom. The lowest BCUT2D eigenvalue weighted by Crippen LogP contribution is -1.92. The summed E-state index contributed by atoms with van der Waals surface area (Å²) in [5.74, 6) is 3.33. The van der Waals surface area contributed by atoms with Gasteiger partial charge in [0, 0.05) is 5.02 Å². The Balaban J connectivity index is 2.54. The number of allylic oxidation sites excluding steroid dienone is 2. The van der Waals surface area contributed by atoms with Crippen molar-refractivity contribution in [2.24, 2.45) is 0 Å². The van der Waals surface area contributed by atoms with E-state index in [0.29, 0.717) is 5.02 Å². The van der Waals surface area contributed by atoms with Gasteiger partial charge in [0.2, 0.25) is 0 Å². The van der Waals surface area contributed by atoms with Gasteiger partial charge < -0.3 is 4.74 Å². The van der Waals surface area contributed by atoms with Crippen LogP contribution in [0.5, 0.6) is 5.75 Å². The van der Waals surface area contributed by atoms with E-state index in [1.807, 2.05) is 24.3 Å². The summed E-state index contributed by atoms with van der Waals surface area (Å²) in [7, 11) is 1.66. The Kier molecular flexibility index (Phi) is 5.53. The first kappa shape index (κ1) is 12.7. The molecule has 0 aromatic heterocycles. The highest BCUT2D eigenvalue weighted by Crippen LogP contribution is 2.24. The predicted molar refractivity (Wildman–Crippen MR) is 68.9 cm³/mol. The standard InChI is InChI=1S/C14H15ClO/c1-3-4-5-6-7-8-12-9-10-13(15)11-14(12)16-2/h1,4-5,9-11H,6-8H2,2H3/b5-4-. The molecule has 0 spiro atoms. The first-order valence-electron chi connectivity index (χ1n) is 5.21. The maximum Gasteiger partial charge on any atom is 0.123 e. The summed E-state index contributed by atoms with van der Waals surface area (Å²) in [6.07, 6.45) is 11.9. The number of aryl methyl sites for hydroxylation is 1.